The number of rotatable bonds is 2. The Kier molecular flexibility index (Phi) is 4.18. The van der Waals surface area contributed by atoms with Crippen LogP contribution in [0.5, 0.6) is 0 Å². The van der Waals surface area contributed by atoms with Crippen molar-refractivity contribution in [1.29, 1.82) is 0 Å². The number of hydrogen-bond donors (Lipinski definition) is 0. The fourth-order valence-electron chi connectivity index (χ4n) is 3.52. The molecule has 1 amide bonds. The first-order valence-electron chi connectivity index (χ1n) is 7.65. The second kappa shape index (κ2) is 6.06. The maximum absolute atomic E-state index is 12.7. The van der Waals surface area contributed by atoms with Gasteiger partial charge >= 0.3 is 0 Å². The van der Waals surface area contributed by atoms with Crippen LogP contribution in [0.3, 0.4) is 0 Å². The molecule has 3 rings (SSSR count). The van der Waals surface area contributed by atoms with E-state index in [0.29, 0.717) is 25.2 Å². The van der Waals surface area contributed by atoms with E-state index in [1.54, 1.807) is 0 Å². The van der Waals surface area contributed by atoms with Crippen LogP contribution in [0.15, 0.2) is 12.2 Å². The summed E-state index contributed by atoms with van der Waals surface area (Å²) in [5.41, 5.74) is 0. The van der Waals surface area contributed by atoms with Crippen LogP contribution in [0, 0.1) is 0 Å². The molecule has 3 aliphatic rings. The van der Waals surface area contributed by atoms with Crippen molar-refractivity contribution in [3.05, 3.63) is 12.2 Å². The summed E-state index contributed by atoms with van der Waals surface area (Å²) >= 11 is 0. The fraction of sp³-hybridized carbons (Fsp3) is 0.800. The van der Waals surface area contributed by atoms with Gasteiger partial charge in [0.1, 0.15) is 0 Å². The van der Waals surface area contributed by atoms with E-state index in [1.807, 2.05) is 4.90 Å². The van der Waals surface area contributed by atoms with E-state index in [9.17, 15) is 4.79 Å². The molecule has 2 fully saturated rings. The zero-order valence-electron chi connectivity index (χ0n) is 11.6. The van der Waals surface area contributed by atoms with Gasteiger partial charge in [-0.15, -0.1) is 0 Å². The Morgan fingerprint density at radius 2 is 1.95 bits per heavy atom. The van der Waals surface area contributed by atoms with Gasteiger partial charge in [-0.05, 0) is 38.6 Å². The number of hydrogen-bond acceptors (Lipinski definition) is 3. The van der Waals surface area contributed by atoms with Gasteiger partial charge in [-0.3, -0.25) is 9.69 Å². The maximum Gasteiger partial charge on any atom is 0.240 e. The van der Waals surface area contributed by atoms with Crippen LogP contribution < -0.4 is 0 Å². The third-order valence-electron chi connectivity index (χ3n) is 4.56. The number of allylic oxidation sites excluding steroid dienone is 1. The molecule has 106 valence electrons. The molecule has 0 unspecified atom stereocenters. The number of nitrogens with zero attached hydrogens (tertiary/aromatic N) is 2. The first-order valence-corrected chi connectivity index (χ1v) is 7.65. The number of ether oxygens (including phenoxy) is 1. The Balaban J connectivity index is 1.66. The normalized spacial score (nSPS) is 32.7. The highest BCUT2D eigenvalue weighted by molar-refractivity contribution is 5.82. The molecule has 0 bridgehead atoms. The molecule has 4 nitrogen and oxygen atoms in total. The van der Waals surface area contributed by atoms with Crippen molar-refractivity contribution in [3.63, 3.8) is 0 Å². The average molecular weight is 264 g/mol. The molecule has 4 heteroatoms. The Hall–Kier alpha value is -0.870. The minimum Gasteiger partial charge on any atom is -0.378 e. The standard InChI is InChI=1S/C15H24N2O2/c18-15(16-9-11-19-12-10-16)14-7-4-8-17(14)13-5-2-1-3-6-13/h2,5,13-14H,1,3-4,6-12H2/t13-,14-/m1/s1. The zero-order valence-corrected chi connectivity index (χ0v) is 11.6. The van der Waals surface area contributed by atoms with Gasteiger partial charge in [-0.1, -0.05) is 12.2 Å². The molecule has 0 spiro atoms. The first-order chi connectivity index (χ1) is 9.36. The van der Waals surface area contributed by atoms with Crippen LogP contribution in [0.2, 0.25) is 0 Å². The Labute approximate surface area is 115 Å². The van der Waals surface area contributed by atoms with Crippen molar-refractivity contribution >= 4 is 5.91 Å². The quantitative estimate of drug-likeness (QED) is 0.707. The molecule has 0 aromatic carbocycles. The summed E-state index contributed by atoms with van der Waals surface area (Å²) in [6.45, 7) is 4.01. The summed E-state index contributed by atoms with van der Waals surface area (Å²) < 4.78 is 5.34. The van der Waals surface area contributed by atoms with Crippen LogP contribution in [0.4, 0.5) is 0 Å². The molecule has 0 aromatic rings. The molecule has 2 saturated heterocycles. The lowest BCUT2D eigenvalue weighted by molar-refractivity contribution is -0.140. The molecule has 19 heavy (non-hydrogen) atoms. The highest BCUT2D eigenvalue weighted by Crippen LogP contribution is 2.27. The highest BCUT2D eigenvalue weighted by Gasteiger charge is 2.37. The lowest BCUT2D eigenvalue weighted by Gasteiger charge is -2.36. The molecule has 0 saturated carbocycles. The minimum atomic E-state index is 0.117. The first kappa shape index (κ1) is 13.1. The van der Waals surface area contributed by atoms with E-state index in [0.717, 1.165) is 32.5 Å². The molecule has 0 N–H and O–H groups in total. The van der Waals surface area contributed by atoms with Crippen molar-refractivity contribution < 1.29 is 9.53 Å². The zero-order chi connectivity index (χ0) is 13.1. The summed E-state index contributed by atoms with van der Waals surface area (Å²) in [6.07, 6.45) is 10.5. The second-order valence-corrected chi connectivity index (χ2v) is 5.76. The van der Waals surface area contributed by atoms with Gasteiger partial charge in [-0.25, -0.2) is 0 Å². The van der Waals surface area contributed by atoms with Crippen molar-refractivity contribution in [3.8, 4) is 0 Å². The Morgan fingerprint density at radius 1 is 1.11 bits per heavy atom. The summed E-state index contributed by atoms with van der Waals surface area (Å²) in [5.74, 6) is 0.333. The largest absolute Gasteiger partial charge is 0.378 e. The van der Waals surface area contributed by atoms with E-state index in [-0.39, 0.29) is 6.04 Å². The van der Waals surface area contributed by atoms with Crippen LogP contribution in [-0.2, 0) is 9.53 Å². The Morgan fingerprint density at radius 3 is 2.68 bits per heavy atom. The van der Waals surface area contributed by atoms with Crippen molar-refractivity contribution in [1.82, 2.24) is 9.80 Å². The molecular weight excluding hydrogens is 240 g/mol. The molecule has 0 radical (unpaired) electrons. The topological polar surface area (TPSA) is 32.8 Å². The summed E-state index contributed by atoms with van der Waals surface area (Å²) in [5, 5.41) is 0. The van der Waals surface area contributed by atoms with Gasteiger partial charge < -0.3 is 9.64 Å². The van der Waals surface area contributed by atoms with E-state index in [1.165, 1.54) is 19.3 Å². The van der Waals surface area contributed by atoms with E-state index >= 15 is 0 Å². The summed E-state index contributed by atoms with van der Waals surface area (Å²) in [4.78, 5) is 17.1. The van der Waals surface area contributed by atoms with Crippen molar-refractivity contribution in [2.45, 2.75) is 44.2 Å². The number of carbonyl (C=O) groups is 1. The van der Waals surface area contributed by atoms with Gasteiger partial charge in [0.25, 0.3) is 0 Å². The van der Waals surface area contributed by atoms with E-state index in [2.05, 4.69) is 17.1 Å². The third kappa shape index (κ3) is 2.84. The highest BCUT2D eigenvalue weighted by atomic mass is 16.5. The predicted molar refractivity (Wildman–Crippen MR) is 73.9 cm³/mol. The SMILES string of the molecule is O=C([C@H]1CCCN1[C@@H]1C=CCCC1)N1CCOCC1. The molecule has 2 heterocycles. The fourth-order valence-corrected chi connectivity index (χ4v) is 3.52. The van der Waals surface area contributed by atoms with Gasteiger partial charge in [0.15, 0.2) is 0 Å². The number of morpholine rings is 1. The van der Waals surface area contributed by atoms with Gasteiger partial charge in [-0.2, -0.15) is 0 Å². The number of amides is 1. The maximum atomic E-state index is 12.7. The monoisotopic (exact) mass is 264 g/mol. The van der Waals surface area contributed by atoms with Crippen LogP contribution in [0.25, 0.3) is 0 Å². The van der Waals surface area contributed by atoms with E-state index < -0.39 is 0 Å². The smallest absolute Gasteiger partial charge is 0.240 e. The third-order valence-corrected chi connectivity index (χ3v) is 4.56. The number of likely N-dealkylation sites (tertiary alicyclic amines) is 1. The lowest BCUT2D eigenvalue weighted by atomic mass is 10.0. The predicted octanol–water partition coefficient (Wildman–Crippen LogP) is 1.42. The van der Waals surface area contributed by atoms with Gasteiger partial charge in [0, 0.05) is 19.1 Å². The number of carbonyl (C=O) groups excluding carboxylic acids is 1. The second-order valence-electron chi connectivity index (χ2n) is 5.76. The average Bonchev–Trinajstić information content (AvgIpc) is 2.98. The van der Waals surface area contributed by atoms with Gasteiger partial charge in [0.2, 0.25) is 5.91 Å². The van der Waals surface area contributed by atoms with Crippen molar-refractivity contribution in [2.24, 2.45) is 0 Å². The molecule has 1 aliphatic carbocycles. The van der Waals surface area contributed by atoms with Gasteiger partial charge in [0.05, 0.1) is 19.3 Å². The van der Waals surface area contributed by atoms with Crippen LogP contribution >= 0.6 is 0 Å². The molecule has 0 aromatic heterocycles. The van der Waals surface area contributed by atoms with Crippen LogP contribution in [-0.4, -0.2) is 60.6 Å². The Bertz CT molecular complexity index is 350. The van der Waals surface area contributed by atoms with Crippen LogP contribution in [0.1, 0.15) is 32.1 Å². The summed E-state index contributed by atoms with van der Waals surface area (Å²) in [6, 6.07) is 0.608. The molecule has 2 aliphatic heterocycles. The molecular formula is C15H24N2O2. The molecule has 2 atom stereocenters. The minimum absolute atomic E-state index is 0.117. The lowest BCUT2D eigenvalue weighted by Crippen LogP contribution is -2.51. The van der Waals surface area contributed by atoms with E-state index in [4.69, 9.17) is 4.74 Å². The summed E-state index contributed by atoms with van der Waals surface area (Å²) in [7, 11) is 0. The van der Waals surface area contributed by atoms with Crippen molar-refractivity contribution in [2.75, 3.05) is 32.8 Å².